The van der Waals surface area contributed by atoms with Gasteiger partial charge >= 0.3 is 11.9 Å². The molecule has 0 aliphatic carbocycles. The van der Waals surface area contributed by atoms with E-state index in [-0.39, 0.29) is 42.3 Å². The van der Waals surface area contributed by atoms with Gasteiger partial charge in [-0.25, -0.2) is 18.0 Å². The molecular formula is C16H19NO8S. The topological polar surface area (TPSA) is 108 Å². The van der Waals surface area contributed by atoms with Crippen molar-refractivity contribution in [2.24, 2.45) is 0 Å². The minimum Gasteiger partial charge on any atom is -0.495 e. The third kappa shape index (κ3) is 3.67. The number of sulfonamides is 1. The molecule has 2 heterocycles. The summed E-state index contributed by atoms with van der Waals surface area (Å²) in [6.07, 6.45) is -0.691. The second-order valence-corrected chi connectivity index (χ2v) is 7.64. The molecule has 3 rings (SSSR count). The molecule has 1 aromatic rings. The Bertz CT molecular complexity index is 800. The van der Waals surface area contributed by atoms with Crippen LogP contribution in [0.25, 0.3) is 0 Å². The maximum absolute atomic E-state index is 12.9. The molecule has 10 heteroatoms. The van der Waals surface area contributed by atoms with Crippen molar-refractivity contribution in [1.29, 1.82) is 0 Å². The molecule has 1 aromatic carbocycles. The first-order valence-electron chi connectivity index (χ1n) is 8.07. The van der Waals surface area contributed by atoms with Crippen molar-refractivity contribution in [1.82, 2.24) is 4.31 Å². The van der Waals surface area contributed by atoms with Crippen LogP contribution < -0.4 is 4.74 Å². The third-order valence-electron chi connectivity index (χ3n) is 4.12. The average Bonchev–Trinajstić information content (AvgIpc) is 3.06. The van der Waals surface area contributed by atoms with Gasteiger partial charge in [-0.2, -0.15) is 4.31 Å². The zero-order chi connectivity index (χ0) is 18.7. The van der Waals surface area contributed by atoms with Crippen LogP contribution in [0.2, 0.25) is 0 Å². The minimum absolute atomic E-state index is 0.0114. The average molecular weight is 385 g/mol. The maximum Gasteiger partial charge on any atom is 0.347 e. The van der Waals surface area contributed by atoms with Crippen molar-refractivity contribution < 1.29 is 37.0 Å². The van der Waals surface area contributed by atoms with Crippen molar-refractivity contribution in [2.75, 3.05) is 40.0 Å². The SMILES string of the molecule is COc1ccc(C(=O)OC2CCOC2=O)cc1S(=O)(=O)N1CCOCC1. The smallest absolute Gasteiger partial charge is 0.347 e. The molecule has 142 valence electrons. The predicted octanol–water partition coefficient (Wildman–Crippen LogP) is 0.188. The van der Waals surface area contributed by atoms with Gasteiger partial charge in [-0.3, -0.25) is 0 Å². The number of hydrogen-bond acceptors (Lipinski definition) is 8. The van der Waals surface area contributed by atoms with Gasteiger partial charge in [0.15, 0.2) is 0 Å². The number of morpholine rings is 1. The van der Waals surface area contributed by atoms with Crippen LogP contribution in [0.15, 0.2) is 23.1 Å². The highest BCUT2D eigenvalue weighted by molar-refractivity contribution is 7.89. The molecule has 0 amide bonds. The first-order valence-corrected chi connectivity index (χ1v) is 9.51. The lowest BCUT2D eigenvalue weighted by atomic mass is 10.2. The van der Waals surface area contributed by atoms with E-state index in [2.05, 4.69) is 0 Å². The monoisotopic (exact) mass is 385 g/mol. The lowest BCUT2D eigenvalue weighted by Gasteiger charge is -2.26. The molecule has 2 aliphatic heterocycles. The Balaban J connectivity index is 1.88. The highest BCUT2D eigenvalue weighted by Crippen LogP contribution is 2.29. The molecule has 0 saturated carbocycles. The van der Waals surface area contributed by atoms with Crippen molar-refractivity contribution >= 4 is 22.0 Å². The molecule has 9 nitrogen and oxygen atoms in total. The van der Waals surface area contributed by atoms with Gasteiger partial charge in [-0.15, -0.1) is 0 Å². The summed E-state index contributed by atoms with van der Waals surface area (Å²) >= 11 is 0. The maximum atomic E-state index is 12.9. The number of cyclic esters (lactones) is 1. The fourth-order valence-corrected chi connectivity index (χ4v) is 4.30. The second kappa shape index (κ2) is 7.60. The molecular weight excluding hydrogens is 366 g/mol. The van der Waals surface area contributed by atoms with Crippen LogP contribution in [0.1, 0.15) is 16.8 Å². The second-order valence-electron chi connectivity index (χ2n) is 5.73. The number of esters is 2. The quantitative estimate of drug-likeness (QED) is 0.661. The van der Waals surface area contributed by atoms with Gasteiger partial charge < -0.3 is 18.9 Å². The van der Waals surface area contributed by atoms with Crippen molar-refractivity contribution in [3.8, 4) is 5.75 Å². The molecule has 1 unspecified atom stereocenters. The largest absolute Gasteiger partial charge is 0.495 e. The van der Waals surface area contributed by atoms with Crippen LogP contribution in [0.3, 0.4) is 0 Å². The summed E-state index contributed by atoms with van der Waals surface area (Å²) in [4.78, 5) is 23.6. The summed E-state index contributed by atoms with van der Waals surface area (Å²) in [5, 5.41) is 0. The first-order chi connectivity index (χ1) is 12.4. The van der Waals surface area contributed by atoms with Crippen molar-refractivity contribution in [3.63, 3.8) is 0 Å². The van der Waals surface area contributed by atoms with E-state index in [1.165, 1.54) is 29.6 Å². The lowest BCUT2D eigenvalue weighted by Crippen LogP contribution is -2.40. The van der Waals surface area contributed by atoms with Gasteiger partial charge in [0.2, 0.25) is 16.1 Å². The van der Waals surface area contributed by atoms with Crippen LogP contribution in [-0.2, 0) is 29.0 Å². The van der Waals surface area contributed by atoms with Crippen molar-refractivity contribution in [2.45, 2.75) is 17.4 Å². The van der Waals surface area contributed by atoms with Crippen molar-refractivity contribution in [3.05, 3.63) is 23.8 Å². The summed E-state index contributed by atoms with van der Waals surface area (Å²) < 4.78 is 47.3. The van der Waals surface area contributed by atoms with Gasteiger partial charge in [0.05, 0.1) is 32.5 Å². The van der Waals surface area contributed by atoms with E-state index >= 15 is 0 Å². The molecule has 2 aliphatic rings. The summed E-state index contributed by atoms with van der Waals surface area (Å²) in [7, 11) is -2.52. The van der Waals surface area contributed by atoms with Gasteiger partial charge in [-0.05, 0) is 18.2 Å². The molecule has 0 N–H and O–H groups in total. The van der Waals surface area contributed by atoms with E-state index in [0.29, 0.717) is 13.2 Å². The zero-order valence-corrected chi connectivity index (χ0v) is 15.0. The fourth-order valence-electron chi connectivity index (χ4n) is 2.71. The standard InChI is InChI=1S/C16H19NO8S/c1-22-12-3-2-11(15(18)25-13-4-7-24-16(13)19)10-14(12)26(20,21)17-5-8-23-9-6-17/h2-3,10,13H,4-9H2,1H3. The minimum atomic E-state index is -3.87. The molecule has 0 spiro atoms. The van der Waals surface area contributed by atoms with Crippen LogP contribution >= 0.6 is 0 Å². The number of carbonyl (C=O) groups is 2. The fraction of sp³-hybridized carbons (Fsp3) is 0.500. The van der Waals surface area contributed by atoms with Crippen LogP contribution in [0.5, 0.6) is 5.75 Å². The van der Waals surface area contributed by atoms with E-state index < -0.39 is 28.1 Å². The summed E-state index contributed by atoms with van der Waals surface area (Å²) in [5.74, 6) is -1.28. The Morgan fingerprint density at radius 2 is 1.96 bits per heavy atom. The Morgan fingerprint density at radius 1 is 1.23 bits per heavy atom. The summed E-state index contributed by atoms with van der Waals surface area (Å²) in [6, 6.07) is 3.98. The number of hydrogen-bond donors (Lipinski definition) is 0. The summed E-state index contributed by atoms with van der Waals surface area (Å²) in [5.41, 5.74) is 0.0114. The molecule has 1 atom stereocenters. The van der Waals surface area contributed by atoms with Gasteiger partial charge in [0.1, 0.15) is 10.6 Å². The zero-order valence-electron chi connectivity index (χ0n) is 14.2. The van der Waals surface area contributed by atoms with E-state index in [4.69, 9.17) is 18.9 Å². The molecule has 26 heavy (non-hydrogen) atoms. The van der Waals surface area contributed by atoms with E-state index in [1.807, 2.05) is 0 Å². The lowest BCUT2D eigenvalue weighted by molar-refractivity contribution is -0.145. The first kappa shape index (κ1) is 18.6. The summed E-state index contributed by atoms with van der Waals surface area (Å²) in [6.45, 7) is 1.22. The number of ether oxygens (including phenoxy) is 4. The number of rotatable bonds is 5. The number of carbonyl (C=O) groups excluding carboxylic acids is 2. The van der Waals surface area contributed by atoms with E-state index in [1.54, 1.807) is 0 Å². The molecule has 0 bridgehead atoms. The molecule has 2 fully saturated rings. The Labute approximate surface area is 150 Å². The normalized spacial score (nSPS) is 21.3. The Hall–Kier alpha value is -2.17. The molecule has 0 radical (unpaired) electrons. The van der Waals surface area contributed by atoms with Gasteiger partial charge in [-0.1, -0.05) is 0 Å². The predicted molar refractivity (Wildman–Crippen MR) is 87.4 cm³/mol. The molecule has 2 saturated heterocycles. The number of benzene rings is 1. The Morgan fingerprint density at radius 3 is 2.58 bits per heavy atom. The highest BCUT2D eigenvalue weighted by Gasteiger charge is 2.33. The number of methoxy groups -OCH3 is 1. The van der Waals surface area contributed by atoms with Gasteiger partial charge in [0, 0.05) is 19.5 Å². The Kier molecular flexibility index (Phi) is 5.44. The van der Waals surface area contributed by atoms with Gasteiger partial charge in [0.25, 0.3) is 0 Å². The third-order valence-corrected chi connectivity index (χ3v) is 6.04. The van der Waals surface area contributed by atoms with E-state index in [0.717, 1.165) is 0 Å². The highest BCUT2D eigenvalue weighted by atomic mass is 32.2. The van der Waals surface area contributed by atoms with Crippen LogP contribution in [-0.4, -0.2) is 70.8 Å². The van der Waals surface area contributed by atoms with Crippen LogP contribution in [0.4, 0.5) is 0 Å². The van der Waals surface area contributed by atoms with E-state index in [9.17, 15) is 18.0 Å². The molecule has 0 aromatic heterocycles. The number of nitrogens with zero attached hydrogens (tertiary/aromatic N) is 1. The van der Waals surface area contributed by atoms with Crippen LogP contribution in [0, 0.1) is 0 Å².